The van der Waals surface area contributed by atoms with Crippen molar-refractivity contribution in [3.8, 4) is 0 Å². The molecule has 0 aromatic rings. The molecule has 4 saturated carbocycles. The van der Waals surface area contributed by atoms with Crippen molar-refractivity contribution in [3.05, 3.63) is 0 Å². The summed E-state index contributed by atoms with van der Waals surface area (Å²) >= 11 is 0. The van der Waals surface area contributed by atoms with Crippen LogP contribution in [0.15, 0.2) is 0 Å². The van der Waals surface area contributed by atoms with Crippen LogP contribution < -0.4 is 0 Å². The minimum atomic E-state index is -0.249. The number of hydrogen-bond donors (Lipinski definition) is 0. The van der Waals surface area contributed by atoms with E-state index in [0.29, 0.717) is 30.1 Å². The molecular formula is C29H44O7. The Bertz CT molecular complexity index is 917. The van der Waals surface area contributed by atoms with Crippen LogP contribution in [0.1, 0.15) is 92.4 Å². The van der Waals surface area contributed by atoms with Gasteiger partial charge >= 0.3 is 17.9 Å². The van der Waals surface area contributed by atoms with Gasteiger partial charge in [-0.3, -0.25) is 14.4 Å². The molecule has 11 atom stereocenters. The van der Waals surface area contributed by atoms with Crippen LogP contribution in [-0.2, 0) is 33.3 Å². The largest absolute Gasteiger partial charge is 0.469 e. The number of esters is 3. The van der Waals surface area contributed by atoms with E-state index in [9.17, 15) is 14.4 Å². The first-order valence-corrected chi connectivity index (χ1v) is 14.0. The number of rotatable bonds is 6. The van der Waals surface area contributed by atoms with Crippen LogP contribution in [0.4, 0.5) is 0 Å². The molecule has 0 unspecified atom stereocenters. The second-order valence-electron chi connectivity index (χ2n) is 13.0. The van der Waals surface area contributed by atoms with Gasteiger partial charge in [0.1, 0.15) is 17.8 Å². The highest BCUT2D eigenvalue weighted by atomic mass is 16.6. The lowest BCUT2D eigenvalue weighted by atomic mass is 9.43. The Morgan fingerprint density at radius 2 is 1.72 bits per heavy atom. The Morgan fingerprint density at radius 1 is 1.00 bits per heavy atom. The van der Waals surface area contributed by atoms with E-state index in [-0.39, 0.29) is 58.6 Å². The first kappa shape index (κ1) is 26.0. The lowest BCUT2D eigenvalue weighted by Crippen LogP contribution is -2.63. The van der Waals surface area contributed by atoms with Crippen molar-refractivity contribution in [1.29, 1.82) is 0 Å². The number of epoxide rings is 1. The standard InChI is InChI=1S/C29H44O7/c1-16(7-8-25(32)33-6)22-15-24-29(36-24)26-21(10-12-28(22,29)5)27(4)11-9-20(34-17(2)30)13-19(27)14-23(26)35-18(3)31/h16,19-24,26H,7-15H2,1-6H3/t16-,19+,20-,21+,22-,23+,24+,26+,27+,28-,29-/m1/s1. The van der Waals surface area contributed by atoms with Crippen molar-refractivity contribution < 1.29 is 33.3 Å². The number of fused-ring (bicyclic) bond motifs is 3. The third kappa shape index (κ3) is 3.82. The van der Waals surface area contributed by atoms with Crippen LogP contribution in [0.2, 0.25) is 0 Å². The van der Waals surface area contributed by atoms with E-state index in [0.717, 1.165) is 51.4 Å². The van der Waals surface area contributed by atoms with E-state index in [1.165, 1.54) is 21.0 Å². The maximum atomic E-state index is 12.3. The Labute approximate surface area is 215 Å². The van der Waals surface area contributed by atoms with E-state index in [1.807, 2.05) is 0 Å². The monoisotopic (exact) mass is 504 g/mol. The van der Waals surface area contributed by atoms with Crippen molar-refractivity contribution in [2.45, 2.75) is 116 Å². The number of carbonyl (C=O) groups excluding carboxylic acids is 3. The van der Waals surface area contributed by atoms with Gasteiger partial charge in [-0.15, -0.1) is 0 Å². The van der Waals surface area contributed by atoms with Crippen LogP contribution in [0, 0.1) is 40.4 Å². The number of carbonyl (C=O) groups is 3. The molecular weight excluding hydrogens is 460 g/mol. The molecule has 1 aliphatic heterocycles. The van der Waals surface area contributed by atoms with Gasteiger partial charge < -0.3 is 18.9 Å². The quantitative estimate of drug-likeness (QED) is 0.290. The van der Waals surface area contributed by atoms with E-state index in [4.69, 9.17) is 18.9 Å². The lowest BCUT2D eigenvalue weighted by Gasteiger charge is -2.62. The minimum absolute atomic E-state index is 0.00487. The maximum Gasteiger partial charge on any atom is 0.305 e. The Hall–Kier alpha value is -1.63. The molecule has 1 saturated heterocycles. The summed E-state index contributed by atoms with van der Waals surface area (Å²) in [6, 6.07) is 0. The van der Waals surface area contributed by atoms with Gasteiger partial charge in [-0.25, -0.2) is 0 Å². The topological polar surface area (TPSA) is 91.4 Å². The zero-order chi connectivity index (χ0) is 26.0. The third-order valence-corrected chi connectivity index (χ3v) is 11.5. The van der Waals surface area contributed by atoms with Gasteiger partial charge in [-0.2, -0.15) is 0 Å². The minimum Gasteiger partial charge on any atom is -0.469 e. The lowest BCUT2D eigenvalue weighted by molar-refractivity contribution is -0.206. The number of hydrogen-bond acceptors (Lipinski definition) is 7. The molecule has 0 bridgehead atoms. The zero-order valence-corrected chi connectivity index (χ0v) is 22.8. The highest BCUT2D eigenvalue weighted by Gasteiger charge is 2.82. The smallest absolute Gasteiger partial charge is 0.305 e. The molecule has 5 fully saturated rings. The van der Waals surface area contributed by atoms with Gasteiger partial charge in [0.05, 0.1) is 13.2 Å². The Morgan fingerprint density at radius 3 is 2.39 bits per heavy atom. The van der Waals surface area contributed by atoms with Crippen LogP contribution in [-0.4, -0.2) is 48.9 Å². The Kier molecular flexibility index (Phi) is 6.49. The SMILES string of the molecule is COC(=O)CC[C@@H](C)[C@H]1C[C@@H]2O[C@@]23[C@@H]2[C@@H](OC(C)=O)C[C@@H]4C[C@H](OC(C)=O)CC[C@]4(C)[C@H]2CC[C@]13C. The average molecular weight is 505 g/mol. The predicted octanol–water partition coefficient (Wildman–Crippen LogP) is 4.84. The molecule has 1 heterocycles. The summed E-state index contributed by atoms with van der Waals surface area (Å²) in [7, 11) is 1.45. The van der Waals surface area contributed by atoms with E-state index in [2.05, 4.69) is 20.8 Å². The summed E-state index contributed by atoms with van der Waals surface area (Å²) in [4.78, 5) is 35.8. The summed E-state index contributed by atoms with van der Waals surface area (Å²) < 4.78 is 23.4. The molecule has 0 aromatic heterocycles. The molecule has 0 radical (unpaired) electrons. The molecule has 0 N–H and O–H groups in total. The molecule has 0 amide bonds. The van der Waals surface area contributed by atoms with Crippen molar-refractivity contribution >= 4 is 17.9 Å². The molecule has 4 aliphatic carbocycles. The van der Waals surface area contributed by atoms with Crippen molar-refractivity contribution in [3.63, 3.8) is 0 Å². The second-order valence-corrected chi connectivity index (χ2v) is 13.0. The van der Waals surface area contributed by atoms with E-state index < -0.39 is 0 Å². The van der Waals surface area contributed by atoms with Crippen molar-refractivity contribution in [2.75, 3.05) is 7.11 Å². The van der Waals surface area contributed by atoms with Gasteiger partial charge in [0.25, 0.3) is 0 Å². The molecule has 1 spiro atoms. The van der Waals surface area contributed by atoms with Gasteiger partial charge in [-0.1, -0.05) is 20.8 Å². The van der Waals surface area contributed by atoms with E-state index in [1.54, 1.807) is 0 Å². The first-order valence-electron chi connectivity index (χ1n) is 14.0. The number of methoxy groups -OCH3 is 1. The van der Waals surface area contributed by atoms with Gasteiger partial charge in [-0.05, 0) is 80.5 Å². The summed E-state index contributed by atoms with van der Waals surface area (Å²) in [5.74, 6) is 1.26. The van der Waals surface area contributed by atoms with Crippen LogP contribution >= 0.6 is 0 Å². The van der Waals surface area contributed by atoms with Crippen LogP contribution in [0.5, 0.6) is 0 Å². The van der Waals surface area contributed by atoms with Gasteiger partial charge in [0.2, 0.25) is 0 Å². The molecule has 5 rings (SSSR count). The summed E-state index contributed by atoms with van der Waals surface area (Å²) in [5.41, 5.74) is -0.120. The predicted molar refractivity (Wildman–Crippen MR) is 132 cm³/mol. The highest BCUT2D eigenvalue weighted by Crippen LogP contribution is 2.77. The third-order valence-electron chi connectivity index (χ3n) is 11.5. The Balaban J connectivity index is 1.43. The first-order chi connectivity index (χ1) is 17.0. The fraction of sp³-hybridized carbons (Fsp3) is 0.897. The van der Waals surface area contributed by atoms with Crippen molar-refractivity contribution in [2.24, 2.45) is 40.4 Å². The average Bonchev–Trinajstić information content (AvgIpc) is 3.46. The summed E-state index contributed by atoms with van der Waals surface area (Å²) in [6.45, 7) is 10.1. The van der Waals surface area contributed by atoms with Crippen LogP contribution in [0.25, 0.3) is 0 Å². The molecule has 202 valence electrons. The van der Waals surface area contributed by atoms with E-state index >= 15 is 0 Å². The fourth-order valence-electron chi connectivity index (χ4n) is 9.82. The summed E-state index contributed by atoms with van der Waals surface area (Å²) in [5, 5.41) is 0. The molecule has 7 nitrogen and oxygen atoms in total. The number of ether oxygens (including phenoxy) is 4. The van der Waals surface area contributed by atoms with Crippen LogP contribution in [0.3, 0.4) is 0 Å². The normalized spacial score (nSPS) is 47.3. The molecule has 36 heavy (non-hydrogen) atoms. The van der Waals surface area contributed by atoms with Gasteiger partial charge in [0.15, 0.2) is 0 Å². The molecule has 5 aliphatic rings. The maximum absolute atomic E-state index is 12.3. The highest BCUT2D eigenvalue weighted by molar-refractivity contribution is 5.69. The fourth-order valence-corrected chi connectivity index (χ4v) is 9.82. The zero-order valence-electron chi connectivity index (χ0n) is 22.8. The second kappa shape index (κ2) is 8.99. The molecule has 7 heteroatoms. The van der Waals surface area contributed by atoms with Crippen molar-refractivity contribution in [1.82, 2.24) is 0 Å². The van der Waals surface area contributed by atoms with Gasteiger partial charge in [0, 0.05) is 31.6 Å². The summed E-state index contributed by atoms with van der Waals surface area (Å²) in [6.07, 6.45) is 8.07. The molecule has 0 aromatic carbocycles.